The van der Waals surface area contributed by atoms with Gasteiger partial charge in [0.2, 0.25) is 5.54 Å². The fourth-order valence-electron chi connectivity index (χ4n) is 4.04. The average molecular weight is 392 g/mol. The zero-order valence-electron chi connectivity index (χ0n) is 16.3. The number of rotatable bonds is 9. The van der Waals surface area contributed by atoms with Crippen LogP contribution in [0.2, 0.25) is 0 Å². The van der Waals surface area contributed by atoms with Crippen LogP contribution < -0.4 is 5.32 Å². The lowest BCUT2D eigenvalue weighted by atomic mass is 9.85. The Morgan fingerprint density at radius 3 is 2.36 bits per heavy atom. The summed E-state index contributed by atoms with van der Waals surface area (Å²) in [5, 5.41) is 22.2. The summed E-state index contributed by atoms with van der Waals surface area (Å²) in [6.07, 6.45) is 1.09. The summed E-state index contributed by atoms with van der Waals surface area (Å²) in [6, 6.07) is 9.25. The summed E-state index contributed by atoms with van der Waals surface area (Å²) in [4.78, 5) is 37.6. The summed E-state index contributed by atoms with van der Waals surface area (Å²) in [7, 11) is 0. The van der Waals surface area contributed by atoms with Crippen molar-refractivity contribution < 1.29 is 29.3 Å². The number of carbonyl (C=O) groups excluding carboxylic acids is 1. The van der Waals surface area contributed by atoms with Crippen molar-refractivity contribution in [2.45, 2.75) is 57.2 Å². The predicted octanol–water partition coefficient (Wildman–Crippen LogP) is 2.48. The van der Waals surface area contributed by atoms with E-state index in [1.54, 1.807) is 11.8 Å². The molecule has 1 atom stereocenters. The molecule has 0 unspecified atom stereocenters. The number of amides is 1. The van der Waals surface area contributed by atoms with Gasteiger partial charge in [-0.25, -0.2) is 14.4 Å². The second-order valence-corrected chi connectivity index (χ2v) is 7.07. The van der Waals surface area contributed by atoms with Crippen LogP contribution in [-0.4, -0.2) is 57.3 Å². The molecule has 2 rings (SSSR count). The predicted molar refractivity (Wildman–Crippen MR) is 102 cm³/mol. The Morgan fingerprint density at radius 1 is 1.18 bits per heavy atom. The number of nitrogens with one attached hydrogen (secondary N) is 1. The fourth-order valence-corrected chi connectivity index (χ4v) is 4.04. The van der Waals surface area contributed by atoms with Crippen LogP contribution in [-0.2, 0) is 20.9 Å². The van der Waals surface area contributed by atoms with Crippen molar-refractivity contribution in [1.29, 1.82) is 0 Å². The lowest BCUT2D eigenvalue weighted by molar-refractivity contribution is -0.172. The summed E-state index contributed by atoms with van der Waals surface area (Å²) in [6.45, 7) is 4.03. The number of nitrogens with zero attached hydrogens (tertiary/aromatic N) is 1. The smallest absolute Gasteiger partial charge is 0.407 e. The van der Waals surface area contributed by atoms with E-state index in [0.29, 0.717) is 25.8 Å². The molecule has 28 heavy (non-hydrogen) atoms. The number of carboxylic acid groups (broad SMARTS) is 2. The number of hydrogen-bond donors (Lipinski definition) is 3. The van der Waals surface area contributed by atoms with Gasteiger partial charge in [-0.1, -0.05) is 44.2 Å². The van der Waals surface area contributed by atoms with Crippen molar-refractivity contribution in [3.05, 3.63) is 35.9 Å². The molecule has 0 saturated carbocycles. The molecule has 154 valence electrons. The summed E-state index contributed by atoms with van der Waals surface area (Å²) in [5.74, 6) is -2.76. The third-order valence-corrected chi connectivity index (χ3v) is 5.71. The number of benzene rings is 1. The standard InChI is InChI=1S/C20H28N2O6/c1-3-19(14-21-18(27)28-13-15-9-6-5-7-10-15)11-8-12-22(19)20(4-2,16(23)24)17(25)26/h5-7,9-10H,3-4,8,11-14H2,1-2H3,(H,21,27)(H,23,24)(H,25,26)/t19-/m0/s1. The lowest BCUT2D eigenvalue weighted by Gasteiger charge is -2.45. The number of likely N-dealkylation sites (tertiary alicyclic amines) is 1. The highest BCUT2D eigenvalue weighted by Gasteiger charge is 2.58. The van der Waals surface area contributed by atoms with E-state index in [0.717, 1.165) is 5.56 Å². The molecular weight excluding hydrogens is 364 g/mol. The highest BCUT2D eigenvalue weighted by molar-refractivity contribution is 6.03. The molecule has 1 aliphatic rings. The van der Waals surface area contributed by atoms with Crippen molar-refractivity contribution in [2.75, 3.05) is 13.1 Å². The molecule has 1 aromatic rings. The van der Waals surface area contributed by atoms with Crippen LogP contribution in [0, 0.1) is 0 Å². The monoisotopic (exact) mass is 392 g/mol. The van der Waals surface area contributed by atoms with Crippen LogP contribution in [0.3, 0.4) is 0 Å². The van der Waals surface area contributed by atoms with Crippen LogP contribution in [0.5, 0.6) is 0 Å². The normalized spacial score (nSPS) is 19.9. The Balaban J connectivity index is 2.11. The number of aliphatic carboxylic acids is 2. The van der Waals surface area contributed by atoms with E-state index in [-0.39, 0.29) is 19.6 Å². The number of alkyl carbamates (subject to hydrolysis) is 1. The van der Waals surface area contributed by atoms with E-state index in [4.69, 9.17) is 4.74 Å². The summed E-state index contributed by atoms with van der Waals surface area (Å²) >= 11 is 0. The molecule has 1 heterocycles. The van der Waals surface area contributed by atoms with Gasteiger partial charge in [0.05, 0.1) is 0 Å². The van der Waals surface area contributed by atoms with Gasteiger partial charge in [0.25, 0.3) is 0 Å². The maximum atomic E-state index is 12.1. The van der Waals surface area contributed by atoms with Gasteiger partial charge in [0, 0.05) is 18.6 Å². The summed E-state index contributed by atoms with van der Waals surface area (Å²) < 4.78 is 5.22. The molecule has 0 bridgehead atoms. The van der Waals surface area contributed by atoms with Crippen LogP contribution in [0.1, 0.15) is 45.1 Å². The maximum Gasteiger partial charge on any atom is 0.407 e. The van der Waals surface area contributed by atoms with Gasteiger partial charge in [-0.2, -0.15) is 0 Å². The first-order valence-electron chi connectivity index (χ1n) is 9.51. The minimum atomic E-state index is -2.01. The highest BCUT2D eigenvalue weighted by atomic mass is 16.5. The fraction of sp³-hybridized carbons (Fsp3) is 0.550. The van der Waals surface area contributed by atoms with Crippen molar-refractivity contribution in [2.24, 2.45) is 0 Å². The van der Waals surface area contributed by atoms with Crippen molar-refractivity contribution in [3.8, 4) is 0 Å². The highest BCUT2D eigenvalue weighted by Crippen LogP contribution is 2.39. The second-order valence-electron chi connectivity index (χ2n) is 7.07. The SMILES string of the molecule is CCC(C(=O)O)(C(=O)O)N1CCC[C@@]1(CC)CNC(=O)OCc1ccccc1. The molecular formula is C20H28N2O6. The van der Waals surface area contributed by atoms with Gasteiger partial charge in [0.15, 0.2) is 0 Å². The molecule has 1 aliphatic heterocycles. The van der Waals surface area contributed by atoms with Crippen LogP contribution >= 0.6 is 0 Å². The lowest BCUT2D eigenvalue weighted by Crippen LogP contribution is -2.67. The summed E-state index contributed by atoms with van der Waals surface area (Å²) in [5.41, 5.74) is -1.91. The Hall–Kier alpha value is -2.61. The molecule has 0 aromatic heterocycles. The molecule has 1 saturated heterocycles. The van der Waals surface area contributed by atoms with E-state index in [9.17, 15) is 24.6 Å². The quantitative estimate of drug-likeness (QED) is 0.553. The van der Waals surface area contributed by atoms with Gasteiger partial charge >= 0.3 is 18.0 Å². The molecule has 8 heteroatoms. The zero-order valence-corrected chi connectivity index (χ0v) is 16.3. The first-order valence-corrected chi connectivity index (χ1v) is 9.51. The van der Waals surface area contributed by atoms with Crippen molar-refractivity contribution in [1.82, 2.24) is 10.2 Å². The van der Waals surface area contributed by atoms with Crippen LogP contribution in [0.15, 0.2) is 30.3 Å². The Morgan fingerprint density at radius 2 is 1.82 bits per heavy atom. The number of carbonyl (C=O) groups is 3. The molecule has 1 aromatic carbocycles. The zero-order chi connectivity index (χ0) is 20.8. The van der Waals surface area contributed by atoms with Gasteiger partial charge in [0.1, 0.15) is 6.61 Å². The van der Waals surface area contributed by atoms with Crippen molar-refractivity contribution >= 4 is 18.0 Å². The average Bonchev–Trinajstić information content (AvgIpc) is 3.11. The number of hydrogen-bond acceptors (Lipinski definition) is 5. The molecule has 8 nitrogen and oxygen atoms in total. The number of ether oxygens (including phenoxy) is 1. The van der Waals surface area contributed by atoms with E-state index < -0.39 is 29.1 Å². The second kappa shape index (κ2) is 9.05. The van der Waals surface area contributed by atoms with Gasteiger partial charge in [-0.15, -0.1) is 0 Å². The van der Waals surface area contributed by atoms with Crippen LogP contribution in [0.4, 0.5) is 4.79 Å². The number of carboxylic acids is 2. The molecule has 0 radical (unpaired) electrons. The minimum Gasteiger partial charge on any atom is -0.479 e. The largest absolute Gasteiger partial charge is 0.479 e. The van der Waals surface area contributed by atoms with E-state index in [1.165, 1.54) is 0 Å². The van der Waals surface area contributed by atoms with E-state index in [2.05, 4.69) is 5.32 Å². The third kappa shape index (κ3) is 4.11. The van der Waals surface area contributed by atoms with Gasteiger partial charge in [-0.05, 0) is 31.2 Å². The minimum absolute atomic E-state index is 0.0716. The Labute approximate surface area is 164 Å². The van der Waals surface area contributed by atoms with Gasteiger partial charge in [-0.3, -0.25) is 4.90 Å². The molecule has 3 N–H and O–H groups in total. The van der Waals surface area contributed by atoms with E-state index >= 15 is 0 Å². The van der Waals surface area contributed by atoms with Crippen LogP contribution in [0.25, 0.3) is 0 Å². The Bertz CT molecular complexity index is 694. The molecule has 0 aliphatic carbocycles. The van der Waals surface area contributed by atoms with E-state index in [1.807, 2.05) is 37.3 Å². The topological polar surface area (TPSA) is 116 Å². The first kappa shape index (κ1) is 21.7. The maximum absolute atomic E-state index is 12.1. The Kier molecular flexibility index (Phi) is 7.01. The third-order valence-electron chi connectivity index (χ3n) is 5.71. The van der Waals surface area contributed by atoms with Gasteiger partial charge < -0.3 is 20.3 Å². The van der Waals surface area contributed by atoms with Crippen molar-refractivity contribution in [3.63, 3.8) is 0 Å². The molecule has 1 fully saturated rings. The molecule has 0 spiro atoms. The first-order chi connectivity index (χ1) is 13.3. The molecule has 1 amide bonds.